The monoisotopic (exact) mass is 225 g/mol. The van der Waals surface area contributed by atoms with Crippen LogP contribution in [0.2, 0.25) is 0 Å². The van der Waals surface area contributed by atoms with Crippen LogP contribution < -0.4 is 0 Å². The van der Waals surface area contributed by atoms with Crippen molar-refractivity contribution in [3.8, 4) is 0 Å². The summed E-state index contributed by atoms with van der Waals surface area (Å²) in [4.78, 5) is 10.8. The molecule has 2 N–H and O–H groups in total. The Balaban J connectivity index is 3.72. The minimum Gasteiger partial charge on any atom is -0.412 e. The van der Waals surface area contributed by atoms with E-state index in [1.165, 1.54) is 6.08 Å². The van der Waals surface area contributed by atoms with Gasteiger partial charge in [0, 0.05) is 6.54 Å². The normalized spacial score (nSPS) is 16.1. The highest BCUT2D eigenvalue weighted by Crippen LogP contribution is 2.43. The van der Waals surface area contributed by atoms with E-state index in [9.17, 15) is 4.57 Å². The first-order valence-corrected chi connectivity index (χ1v) is 5.54. The third-order valence-electron chi connectivity index (χ3n) is 1.19. The van der Waals surface area contributed by atoms with Gasteiger partial charge in [0.2, 0.25) is 0 Å². The van der Waals surface area contributed by atoms with E-state index in [1.54, 1.807) is 0 Å². The van der Waals surface area contributed by atoms with Crippen LogP contribution in [0.3, 0.4) is 0 Å². The van der Waals surface area contributed by atoms with Crippen LogP contribution in [-0.2, 0) is 13.6 Å². The van der Waals surface area contributed by atoms with Gasteiger partial charge >= 0.3 is 7.82 Å². The number of aliphatic hydroxyl groups is 1. The molecular weight excluding hydrogens is 209 g/mol. The summed E-state index contributed by atoms with van der Waals surface area (Å²) in [7, 11) is -0.368. The number of hydrogen-bond acceptors (Lipinski definition) is 5. The Labute approximate surface area is 83.4 Å². The van der Waals surface area contributed by atoms with Crippen molar-refractivity contribution in [1.82, 2.24) is 4.90 Å². The summed E-state index contributed by atoms with van der Waals surface area (Å²) in [6.45, 7) is 0.378. The van der Waals surface area contributed by atoms with E-state index < -0.39 is 7.82 Å². The van der Waals surface area contributed by atoms with Gasteiger partial charge in [0.25, 0.3) is 0 Å². The zero-order valence-electron chi connectivity index (χ0n) is 8.29. The van der Waals surface area contributed by atoms with Gasteiger partial charge in [-0.15, -0.1) is 0 Å². The SMILES string of the molecule is CN(C)CCOP(=O)(O)O/C=C/CO. The predicted molar refractivity (Wildman–Crippen MR) is 51.6 cm³/mol. The van der Waals surface area contributed by atoms with Crippen LogP contribution >= 0.6 is 7.82 Å². The summed E-state index contributed by atoms with van der Waals surface area (Å²) in [5, 5.41) is 8.33. The fourth-order valence-electron chi connectivity index (χ4n) is 0.532. The van der Waals surface area contributed by atoms with E-state index >= 15 is 0 Å². The molecule has 0 aromatic carbocycles. The maximum atomic E-state index is 11.0. The third kappa shape index (κ3) is 8.22. The van der Waals surface area contributed by atoms with E-state index in [0.29, 0.717) is 6.54 Å². The molecule has 0 spiro atoms. The number of phosphoric acid groups is 1. The van der Waals surface area contributed by atoms with Crippen molar-refractivity contribution < 1.29 is 23.6 Å². The van der Waals surface area contributed by atoms with E-state index in [1.807, 2.05) is 19.0 Å². The van der Waals surface area contributed by atoms with Crippen LogP contribution in [0, 0.1) is 0 Å². The second-order valence-corrected chi connectivity index (χ2v) is 4.17. The minimum absolute atomic E-state index is 0.105. The maximum absolute atomic E-state index is 11.0. The molecule has 0 aromatic heterocycles. The zero-order chi connectivity index (χ0) is 11.0. The van der Waals surface area contributed by atoms with Crippen LogP contribution in [-0.4, -0.2) is 48.8 Å². The van der Waals surface area contributed by atoms with Gasteiger partial charge in [-0.25, -0.2) is 4.57 Å². The van der Waals surface area contributed by atoms with Crippen molar-refractivity contribution in [2.45, 2.75) is 0 Å². The summed E-state index contributed by atoms with van der Waals surface area (Å²) in [5.41, 5.74) is 0. The second-order valence-electron chi connectivity index (χ2n) is 2.76. The zero-order valence-corrected chi connectivity index (χ0v) is 9.18. The van der Waals surface area contributed by atoms with Crippen molar-refractivity contribution in [2.24, 2.45) is 0 Å². The first kappa shape index (κ1) is 13.6. The van der Waals surface area contributed by atoms with Crippen molar-refractivity contribution in [3.63, 3.8) is 0 Å². The van der Waals surface area contributed by atoms with E-state index in [2.05, 4.69) is 9.05 Å². The number of likely N-dealkylation sites (N-methyl/N-ethyl adjacent to an activating group) is 1. The molecule has 0 saturated carbocycles. The summed E-state index contributed by atoms with van der Waals surface area (Å²) in [5.74, 6) is 0. The molecule has 7 heteroatoms. The molecule has 0 bridgehead atoms. The number of nitrogens with zero attached hydrogens (tertiary/aromatic N) is 1. The maximum Gasteiger partial charge on any atom is 0.526 e. The predicted octanol–water partition coefficient (Wildman–Crippen LogP) is 0.188. The average molecular weight is 225 g/mol. The molecule has 1 atom stereocenters. The fraction of sp³-hybridized carbons (Fsp3) is 0.714. The molecule has 0 aliphatic heterocycles. The van der Waals surface area contributed by atoms with Crippen molar-refractivity contribution in [2.75, 3.05) is 33.9 Å². The quantitative estimate of drug-likeness (QED) is 0.475. The second kappa shape index (κ2) is 6.98. The summed E-state index contributed by atoms with van der Waals surface area (Å²) >= 11 is 0. The lowest BCUT2D eigenvalue weighted by Gasteiger charge is -2.12. The van der Waals surface area contributed by atoms with E-state index in [0.717, 1.165) is 6.26 Å². The Kier molecular flexibility index (Phi) is 6.78. The summed E-state index contributed by atoms with van der Waals surface area (Å²) in [6, 6.07) is 0. The highest BCUT2D eigenvalue weighted by Gasteiger charge is 2.19. The van der Waals surface area contributed by atoms with Crippen LogP contribution in [0.4, 0.5) is 0 Å². The van der Waals surface area contributed by atoms with E-state index in [4.69, 9.17) is 10.00 Å². The van der Waals surface area contributed by atoms with Gasteiger partial charge in [-0.3, -0.25) is 9.42 Å². The lowest BCUT2D eigenvalue weighted by atomic mass is 10.6. The third-order valence-corrected chi connectivity index (χ3v) is 2.09. The standard InChI is InChI=1S/C7H16NO5P/c1-8(2)4-7-13-14(10,11)12-6-3-5-9/h3,6,9H,4-5,7H2,1-2H3,(H,10,11)/b6-3+. The molecule has 0 saturated heterocycles. The van der Waals surface area contributed by atoms with Crippen LogP contribution in [0.25, 0.3) is 0 Å². The Morgan fingerprint density at radius 3 is 2.64 bits per heavy atom. The highest BCUT2D eigenvalue weighted by atomic mass is 31.2. The van der Waals surface area contributed by atoms with Gasteiger partial charge in [-0.05, 0) is 20.2 Å². The molecule has 1 unspecified atom stereocenters. The molecule has 0 amide bonds. The van der Waals surface area contributed by atoms with Crippen LogP contribution in [0.1, 0.15) is 0 Å². The summed E-state index contributed by atoms with van der Waals surface area (Å²) in [6.07, 6.45) is 2.13. The highest BCUT2D eigenvalue weighted by molar-refractivity contribution is 7.47. The van der Waals surface area contributed by atoms with Crippen molar-refractivity contribution in [1.29, 1.82) is 0 Å². The molecular formula is C7H16NO5P. The Morgan fingerprint density at radius 1 is 1.50 bits per heavy atom. The molecule has 0 rings (SSSR count). The van der Waals surface area contributed by atoms with Crippen LogP contribution in [0.5, 0.6) is 0 Å². The fourth-order valence-corrected chi connectivity index (χ4v) is 1.15. The van der Waals surface area contributed by atoms with Gasteiger partial charge < -0.3 is 14.5 Å². The lowest BCUT2D eigenvalue weighted by molar-refractivity contribution is 0.172. The first-order chi connectivity index (χ1) is 6.48. The number of rotatable bonds is 7. The van der Waals surface area contributed by atoms with Gasteiger partial charge in [0.15, 0.2) is 0 Å². The molecule has 0 radical (unpaired) electrons. The van der Waals surface area contributed by atoms with E-state index in [-0.39, 0.29) is 13.2 Å². The Bertz CT molecular complexity index is 218. The molecule has 6 nitrogen and oxygen atoms in total. The smallest absolute Gasteiger partial charge is 0.412 e. The topological polar surface area (TPSA) is 79.2 Å². The molecule has 0 heterocycles. The van der Waals surface area contributed by atoms with Crippen LogP contribution in [0.15, 0.2) is 12.3 Å². The lowest BCUT2D eigenvalue weighted by Crippen LogP contribution is -2.17. The molecule has 0 fully saturated rings. The first-order valence-electron chi connectivity index (χ1n) is 4.04. The Morgan fingerprint density at radius 2 is 2.14 bits per heavy atom. The van der Waals surface area contributed by atoms with Gasteiger partial charge in [0.1, 0.15) is 0 Å². The minimum atomic E-state index is -4.00. The van der Waals surface area contributed by atoms with Crippen molar-refractivity contribution in [3.05, 3.63) is 12.3 Å². The number of aliphatic hydroxyl groups excluding tert-OH is 1. The average Bonchev–Trinajstić information content (AvgIpc) is 2.03. The number of hydrogen-bond donors (Lipinski definition) is 2. The number of phosphoric ester groups is 1. The molecule has 0 aliphatic carbocycles. The largest absolute Gasteiger partial charge is 0.526 e. The molecule has 84 valence electrons. The summed E-state index contributed by atoms with van der Waals surface area (Å²) < 4.78 is 20.0. The van der Waals surface area contributed by atoms with Gasteiger partial charge in [-0.2, -0.15) is 0 Å². The molecule has 0 aromatic rings. The molecule has 14 heavy (non-hydrogen) atoms. The van der Waals surface area contributed by atoms with Gasteiger partial charge in [-0.1, -0.05) is 0 Å². The van der Waals surface area contributed by atoms with Gasteiger partial charge in [0.05, 0.1) is 19.5 Å². The molecule has 0 aliphatic rings. The Hall–Kier alpha value is -0.390. The van der Waals surface area contributed by atoms with Crippen molar-refractivity contribution >= 4 is 7.82 Å².